The van der Waals surface area contributed by atoms with E-state index in [2.05, 4.69) is 10.0 Å². The fourth-order valence-electron chi connectivity index (χ4n) is 1.10. The van der Waals surface area contributed by atoms with Crippen LogP contribution in [0, 0.1) is 0 Å². The summed E-state index contributed by atoms with van der Waals surface area (Å²) in [6.45, 7) is 4.04. The topological polar surface area (TPSA) is 134 Å². The predicted molar refractivity (Wildman–Crippen MR) is 72.7 cm³/mol. The largest absolute Gasteiger partial charge is 1.00 e. The summed E-state index contributed by atoms with van der Waals surface area (Å²) in [6.07, 6.45) is 0.546. The number of azide groups is 1. The van der Waals surface area contributed by atoms with Crippen molar-refractivity contribution in [1.82, 2.24) is 0 Å². The maximum atomic E-state index is 11.5. The molecule has 0 saturated carbocycles. The van der Waals surface area contributed by atoms with Crippen LogP contribution in [0.15, 0.2) is 17.2 Å². The molecule has 0 bridgehead atoms. The quantitative estimate of drug-likeness (QED) is 0.264. The molecular formula is C10H13N6NaO2S. The van der Waals surface area contributed by atoms with Gasteiger partial charge < -0.3 is 15.8 Å². The first-order chi connectivity index (χ1) is 9.04. The number of carbonyl (C=O) groups excluding carboxylic acids is 1. The predicted octanol–water partition coefficient (Wildman–Crippen LogP) is 1.04. The Morgan fingerprint density at radius 3 is 2.50 bits per heavy atom. The number of thiophene rings is 1. The Balaban J connectivity index is 0. The van der Waals surface area contributed by atoms with E-state index in [9.17, 15) is 4.79 Å². The molecule has 1 aromatic rings. The zero-order valence-electron chi connectivity index (χ0n) is 11.6. The van der Waals surface area contributed by atoms with Gasteiger partial charge in [0.2, 0.25) is 0 Å². The van der Waals surface area contributed by atoms with Crippen LogP contribution in [0.5, 0.6) is 0 Å². The van der Waals surface area contributed by atoms with E-state index in [4.69, 9.17) is 21.3 Å². The molecule has 8 nitrogen and oxygen atoms in total. The number of nitrogens with zero attached hydrogens (tertiary/aromatic N) is 6. The van der Waals surface area contributed by atoms with Gasteiger partial charge in [0.05, 0.1) is 6.10 Å². The summed E-state index contributed by atoms with van der Waals surface area (Å²) in [5, 5.41) is 3.44. The van der Waals surface area contributed by atoms with Crippen LogP contribution < -0.4 is 29.6 Å². The van der Waals surface area contributed by atoms with Gasteiger partial charge in [-0.05, 0) is 37.9 Å². The molecule has 0 amide bonds. The zero-order chi connectivity index (χ0) is 14.7. The first kappa shape index (κ1) is 21.1. The second kappa shape index (κ2) is 12.8. The molecule has 0 aliphatic rings. The molecular weight excluding hydrogens is 291 g/mol. The van der Waals surface area contributed by atoms with E-state index >= 15 is 0 Å². The van der Waals surface area contributed by atoms with Gasteiger partial charge in [-0.25, -0.2) is 4.79 Å². The maximum absolute atomic E-state index is 11.5. The molecule has 0 atom stereocenters. The van der Waals surface area contributed by atoms with E-state index in [1.54, 1.807) is 6.07 Å². The normalized spacial score (nSPS) is 8.35. The van der Waals surface area contributed by atoms with Gasteiger partial charge in [0.1, 0.15) is 4.88 Å². The molecule has 0 saturated heterocycles. The van der Waals surface area contributed by atoms with Crippen molar-refractivity contribution < 1.29 is 39.1 Å². The van der Waals surface area contributed by atoms with E-state index in [0.717, 1.165) is 4.88 Å². The summed E-state index contributed by atoms with van der Waals surface area (Å²) < 4.78 is 5.06. The van der Waals surface area contributed by atoms with Gasteiger partial charge in [-0.1, -0.05) is 5.11 Å². The first-order valence-electron chi connectivity index (χ1n) is 5.34. The van der Waals surface area contributed by atoms with Gasteiger partial charge in [-0.2, -0.15) is 0 Å². The van der Waals surface area contributed by atoms with Gasteiger partial charge in [0.15, 0.2) is 0 Å². The minimum Gasteiger partial charge on any atom is -0.459 e. The Morgan fingerprint density at radius 2 is 2.00 bits per heavy atom. The first-order valence-corrected chi connectivity index (χ1v) is 6.15. The smallest absolute Gasteiger partial charge is 0.459 e. The Hall–Kier alpha value is -1.21. The Morgan fingerprint density at radius 1 is 1.40 bits per heavy atom. The van der Waals surface area contributed by atoms with Gasteiger partial charge in [0, 0.05) is 16.3 Å². The molecule has 1 aromatic heterocycles. The van der Waals surface area contributed by atoms with Gasteiger partial charge in [-0.15, -0.1) is 11.3 Å². The van der Waals surface area contributed by atoms with Crippen molar-refractivity contribution >= 4 is 17.3 Å². The van der Waals surface area contributed by atoms with Crippen LogP contribution in [0.25, 0.3) is 26.4 Å². The fraction of sp³-hybridized carbons (Fsp3) is 0.500. The van der Waals surface area contributed by atoms with E-state index < -0.39 is 0 Å². The third kappa shape index (κ3) is 9.69. The molecule has 0 aromatic carbocycles. The summed E-state index contributed by atoms with van der Waals surface area (Å²) in [5.41, 5.74) is 21.6. The summed E-state index contributed by atoms with van der Waals surface area (Å²) in [4.78, 5) is 17.3. The minimum absolute atomic E-state index is 0. The molecule has 0 spiro atoms. The molecule has 102 valence electrons. The molecule has 10 heteroatoms. The Kier molecular flexibility index (Phi) is 13.5. The average molecular weight is 304 g/mol. The van der Waals surface area contributed by atoms with Crippen molar-refractivity contribution in [2.75, 3.05) is 6.54 Å². The number of rotatable bonds is 5. The molecule has 0 aliphatic heterocycles. The summed E-state index contributed by atoms with van der Waals surface area (Å²) in [5.74, 6) is -0.296. The number of hydrogen-bond acceptors (Lipinski definition) is 4. The van der Waals surface area contributed by atoms with Gasteiger partial charge >= 0.3 is 35.5 Å². The van der Waals surface area contributed by atoms with Crippen LogP contribution in [-0.2, 0) is 11.2 Å². The molecule has 0 aliphatic carbocycles. The van der Waals surface area contributed by atoms with Crippen molar-refractivity contribution in [2.24, 2.45) is 5.11 Å². The second-order valence-corrected chi connectivity index (χ2v) is 4.68. The van der Waals surface area contributed by atoms with Gasteiger partial charge in [-0.3, -0.25) is 4.91 Å². The SMILES string of the molecule is CC(C)OC(=O)c1ccc(CCN=[N+]=[N-])s1.[N-]=[N+]=[N-].[Na+]. The Labute approximate surface area is 142 Å². The van der Waals surface area contributed by atoms with Crippen LogP contribution in [0.1, 0.15) is 28.4 Å². The monoisotopic (exact) mass is 304 g/mol. The van der Waals surface area contributed by atoms with Gasteiger partial charge in [0.25, 0.3) is 0 Å². The summed E-state index contributed by atoms with van der Waals surface area (Å²) >= 11 is 1.38. The van der Waals surface area contributed by atoms with Crippen LogP contribution in [0.2, 0.25) is 0 Å². The maximum Gasteiger partial charge on any atom is 1.00 e. The van der Waals surface area contributed by atoms with Crippen LogP contribution in [-0.4, -0.2) is 18.6 Å². The third-order valence-electron chi connectivity index (χ3n) is 1.73. The van der Waals surface area contributed by atoms with Crippen LogP contribution in [0.3, 0.4) is 0 Å². The van der Waals surface area contributed by atoms with Crippen molar-refractivity contribution in [2.45, 2.75) is 26.4 Å². The van der Waals surface area contributed by atoms with Crippen molar-refractivity contribution in [3.63, 3.8) is 0 Å². The van der Waals surface area contributed by atoms with E-state index in [0.29, 0.717) is 17.8 Å². The summed E-state index contributed by atoms with van der Waals surface area (Å²) in [6, 6.07) is 3.59. The van der Waals surface area contributed by atoms with E-state index in [1.165, 1.54) is 16.2 Å². The molecule has 0 N–H and O–H groups in total. The second-order valence-electron chi connectivity index (χ2n) is 3.51. The number of esters is 1. The van der Waals surface area contributed by atoms with Crippen molar-refractivity contribution in [3.8, 4) is 0 Å². The van der Waals surface area contributed by atoms with Crippen LogP contribution >= 0.6 is 11.3 Å². The number of ether oxygens (including phenoxy) is 1. The number of hydrogen-bond donors (Lipinski definition) is 0. The molecule has 0 radical (unpaired) electrons. The molecule has 1 heterocycles. The average Bonchev–Trinajstić information content (AvgIpc) is 2.78. The van der Waals surface area contributed by atoms with Crippen molar-refractivity contribution in [3.05, 3.63) is 48.3 Å². The summed E-state index contributed by atoms with van der Waals surface area (Å²) in [7, 11) is 0. The standard InChI is InChI=1S/C10H13N3O2S.N3.Na/c1-7(2)15-10(14)9-4-3-8(16-9)5-6-12-13-11;1-3-2;/h3-4,7H,5-6H2,1-2H3;;/q;-1;+1. The molecule has 20 heavy (non-hydrogen) atoms. The van der Waals surface area contributed by atoms with Crippen LogP contribution in [0.4, 0.5) is 0 Å². The van der Waals surface area contributed by atoms with E-state index in [-0.39, 0.29) is 41.6 Å². The van der Waals surface area contributed by atoms with Crippen molar-refractivity contribution in [1.29, 1.82) is 0 Å². The molecule has 0 fully saturated rings. The number of carbonyl (C=O) groups is 1. The fourth-order valence-corrected chi connectivity index (χ4v) is 1.98. The molecule has 1 rings (SSSR count). The zero-order valence-corrected chi connectivity index (χ0v) is 14.4. The third-order valence-corrected chi connectivity index (χ3v) is 2.85. The minimum atomic E-state index is -0.296. The van der Waals surface area contributed by atoms with E-state index in [1.807, 2.05) is 19.9 Å². The molecule has 0 unspecified atom stereocenters. The Bertz CT molecular complexity index is 492.